The van der Waals surface area contributed by atoms with Gasteiger partial charge >= 0.3 is 11.8 Å². The van der Waals surface area contributed by atoms with E-state index >= 15 is 0 Å². The second-order valence-corrected chi connectivity index (χ2v) is 5.36. The Hall–Kier alpha value is -3.39. The van der Waals surface area contributed by atoms with Gasteiger partial charge in [0.1, 0.15) is 5.75 Å². The molecule has 0 aliphatic rings. The molecule has 3 amide bonds. The molecule has 0 heterocycles. The number of amides is 3. The molecule has 0 aliphatic heterocycles. The van der Waals surface area contributed by atoms with Crippen molar-refractivity contribution in [3.8, 4) is 5.75 Å². The van der Waals surface area contributed by atoms with Crippen LogP contribution in [0.3, 0.4) is 0 Å². The number of benzene rings is 2. The Morgan fingerprint density at radius 2 is 1.77 bits per heavy atom. The molecule has 2 rings (SSSR count). The van der Waals surface area contributed by atoms with Crippen molar-refractivity contribution < 1.29 is 19.1 Å². The van der Waals surface area contributed by atoms with Gasteiger partial charge in [0.15, 0.2) is 6.61 Å². The summed E-state index contributed by atoms with van der Waals surface area (Å²) in [4.78, 5) is 34.1. The number of primary amides is 1. The van der Waals surface area contributed by atoms with Crippen LogP contribution in [-0.4, -0.2) is 30.5 Å². The zero-order valence-corrected chi connectivity index (χ0v) is 14.2. The molecule has 0 fully saturated rings. The Balaban J connectivity index is 1.85. The molecular formula is C17H15ClN4O4. The molecule has 0 saturated carbocycles. The van der Waals surface area contributed by atoms with Crippen LogP contribution < -0.4 is 21.2 Å². The molecule has 0 aromatic heterocycles. The van der Waals surface area contributed by atoms with Crippen molar-refractivity contribution in [2.45, 2.75) is 0 Å². The van der Waals surface area contributed by atoms with Crippen LogP contribution in [0.25, 0.3) is 0 Å². The van der Waals surface area contributed by atoms with E-state index in [0.29, 0.717) is 22.0 Å². The van der Waals surface area contributed by atoms with Gasteiger partial charge in [0, 0.05) is 0 Å². The third-order valence-electron chi connectivity index (χ3n) is 2.97. The first-order valence-corrected chi connectivity index (χ1v) is 7.73. The summed E-state index contributed by atoms with van der Waals surface area (Å²) in [5, 5.41) is 6.39. The fourth-order valence-electron chi connectivity index (χ4n) is 1.76. The smallest absolute Gasteiger partial charge is 0.329 e. The summed E-state index contributed by atoms with van der Waals surface area (Å²) in [5.74, 6) is -1.95. The topological polar surface area (TPSA) is 123 Å². The van der Waals surface area contributed by atoms with E-state index in [1.165, 1.54) is 6.21 Å². The Bertz CT molecular complexity index is 837. The summed E-state index contributed by atoms with van der Waals surface area (Å²) in [6, 6.07) is 13.0. The van der Waals surface area contributed by atoms with Crippen LogP contribution in [-0.2, 0) is 14.4 Å². The van der Waals surface area contributed by atoms with Crippen molar-refractivity contribution in [1.82, 2.24) is 5.43 Å². The minimum Gasteiger partial charge on any atom is -0.484 e. The Labute approximate surface area is 154 Å². The molecule has 26 heavy (non-hydrogen) atoms. The quantitative estimate of drug-likeness (QED) is 0.400. The van der Waals surface area contributed by atoms with Gasteiger partial charge in [0.25, 0.3) is 5.91 Å². The molecule has 0 radical (unpaired) electrons. The summed E-state index contributed by atoms with van der Waals surface area (Å²) in [6.07, 6.45) is 1.35. The fourth-order valence-corrected chi connectivity index (χ4v) is 1.95. The van der Waals surface area contributed by atoms with Gasteiger partial charge in [-0.3, -0.25) is 14.4 Å². The summed E-state index contributed by atoms with van der Waals surface area (Å²) in [6.45, 7) is -0.218. The van der Waals surface area contributed by atoms with Crippen molar-refractivity contribution >= 4 is 41.2 Å². The molecule has 2 aromatic carbocycles. The van der Waals surface area contributed by atoms with Crippen LogP contribution in [0.1, 0.15) is 5.56 Å². The first-order valence-electron chi connectivity index (χ1n) is 7.36. The number of ether oxygens (including phenoxy) is 1. The van der Waals surface area contributed by atoms with Crippen LogP contribution >= 0.6 is 11.6 Å². The Morgan fingerprint density at radius 1 is 1.08 bits per heavy atom. The van der Waals surface area contributed by atoms with Crippen molar-refractivity contribution in [3.05, 3.63) is 59.1 Å². The number of hydrogen-bond donors (Lipinski definition) is 3. The number of hydrazone groups is 1. The predicted molar refractivity (Wildman–Crippen MR) is 96.9 cm³/mol. The zero-order chi connectivity index (χ0) is 18.9. The first-order chi connectivity index (χ1) is 12.5. The Morgan fingerprint density at radius 3 is 2.42 bits per heavy atom. The number of anilines is 1. The number of carbonyl (C=O) groups is 3. The average Bonchev–Trinajstić information content (AvgIpc) is 2.62. The molecule has 0 saturated heterocycles. The first kappa shape index (κ1) is 18.9. The number of carbonyl (C=O) groups excluding carboxylic acids is 3. The largest absolute Gasteiger partial charge is 0.484 e. The minimum absolute atomic E-state index is 0.218. The molecule has 8 nitrogen and oxygen atoms in total. The second kappa shape index (κ2) is 9.19. The number of nitrogens with two attached hydrogens (primary N) is 1. The number of halogens is 1. The zero-order valence-electron chi connectivity index (χ0n) is 13.4. The van der Waals surface area contributed by atoms with Crippen molar-refractivity contribution in [1.29, 1.82) is 0 Å². The van der Waals surface area contributed by atoms with Gasteiger partial charge < -0.3 is 15.8 Å². The summed E-state index contributed by atoms with van der Waals surface area (Å²) in [5.41, 5.74) is 8.05. The molecule has 0 atom stereocenters. The van der Waals surface area contributed by atoms with E-state index in [9.17, 15) is 14.4 Å². The minimum atomic E-state index is -0.942. The van der Waals surface area contributed by atoms with Gasteiger partial charge in [-0.1, -0.05) is 23.7 Å². The molecular weight excluding hydrogens is 360 g/mol. The summed E-state index contributed by atoms with van der Waals surface area (Å²) >= 11 is 5.90. The highest BCUT2D eigenvalue weighted by molar-refractivity contribution is 6.41. The standard InChI is InChI=1S/C17H15ClN4O4/c18-13-3-1-2-4-14(13)21-16(24)17(25)22-20-9-11-5-7-12(8-6-11)26-10-15(19)23/h1-9H,10H2,(H2,19,23)(H,21,24)(H,22,25)/b20-9-. The maximum Gasteiger partial charge on any atom is 0.329 e. The molecule has 0 aliphatic carbocycles. The Kier molecular flexibility index (Phi) is 6.69. The van der Waals surface area contributed by atoms with Crippen LogP contribution in [0.15, 0.2) is 53.6 Å². The molecule has 0 bridgehead atoms. The van der Waals surface area contributed by atoms with Crippen LogP contribution in [0.4, 0.5) is 5.69 Å². The lowest BCUT2D eigenvalue weighted by atomic mass is 10.2. The van der Waals surface area contributed by atoms with Crippen LogP contribution in [0.2, 0.25) is 5.02 Å². The second-order valence-electron chi connectivity index (χ2n) is 4.96. The van der Waals surface area contributed by atoms with Crippen LogP contribution in [0.5, 0.6) is 5.75 Å². The van der Waals surface area contributed by atoms with E-state index < -0.39 is 17.7 Å². The number of nitrogens with one attached hydrogen (secondary N) is 2. The van der Waals surface area contributed by atoms with Gasteiger partial charge in [-0.05, 0) is 42.0 Å². The van der Waals surface area contributed by atoms with Crippen LogP contribution in [0, 0.1) is 0 Å². The SMILES string of the molecule is NC(=O)COc1ccc(/C=N\NC(=O)C(=O)Nc2ccccc2Cl)cc1. The summed E-state index contributed by atoms with van der Waals surface area (Å²) < 4.78 is 5.11. The monoisotopic (exact) mass is 374 g/mol. The lowest BCUT2D eigenvalue weighted by Crippen LogP contribution is -2.32. The lowest BCUT2D eigenvalue weighted by molar-refractivity contribution is -0.136. The van der Waals surface area contributed by atoms with Gasteiger partial charge in [-0.2, -0.15) is 5.10 Å². The van der Waals surface area contributed by atoms with Crippen molar-refractivity contribution in [3.63, 3.8) is 0 Å². The highest BCUT2D eigenvalue weighted by Gasteiger charge is 2.14. The average molecular weight is 375 g/mol. The highest BCUT2D eigenvalue weighted by Crippen LogP contribution is 2.20. The van der Waals surface area contributed by atoms with E-state index in [0.717, 1.165) is 0 Å². The molecule has 0 unspecified atom stereocenters. The summed E-state index contributed by atoms with van der Waals surface area (Å²) in [7, 11) is 0. The van der Waals surface area contributed by atoms with E-state index in [1.807, 2.05) is 0 Å². The molecule has 4 N–H and O–H groups in total. The number of hydrogen-bond acceptors (Lipinski definition) is 5. The van der Waals surface area contributed by atoms with E-state index in [1.54, 1.807) is 48.5 Å². The van der Waals surface area contributed by atoms with Crippen molar-refractivity contribution in [2.24, 2.45) is 10.8 Å². The number of rotatable bonds is 6. The molecule has 9 heteroatoms. The maximum absolute atomic E-state index is 11.8. The third kappa shape index (κ3) is 5.91. The van der Waals surface area contributed by atoms with Gasteiger partial charge in [0.05, 0.1) is 16.9 Å². The van der Waals surface area contributed by atoms with Gasteiger partial charge in [0.2, 0.25) is 0 Å². The van der Waals surface area contributed by atoms with E-state index in [4.69, 9.17) is 22.1 Å². The number of nitrogens with zero attached hydrogens (tertiary/aromatic N) is 1. The van der Waals surface area contributed by atoms with E-state index in [2.05, 4.69) is 15.8 Å². The lowest BCUT2D eigenvalue weighted by Gasteiger charge is -2.05. The van der Waals surface area contributed by atoms with Crippen molar-refractivity contribution in [2.75, 3.05) is 11.9 Å². The van der Waals surface area contributed by atoms with Gasteiger partial charge in [-0.15, -0.1) is 0 Å². The molecule has 134 valence electrons. The highest BCUT2D eigenvalue weighted by atomic mass is 35.5. The maximum atomic E-state index is 11.8. The predicted octanol–water partition coefficient (Wildman–Crippen LogP) is 1.29. The fraction of sp³-hybridized carbons (Fsp3) is 0.0588. The normalized spacial score (nSPS) is 10.3. The molecule has 2 aromatic rings. The van der Waals surface area contributed by atoms with Gasteiger partial charge in [-0.25, -0.2) is 5.43 Å². The number of para-hydroxylation sites is 1. The molecule has 0 spiro atoms. The van der Waals surface area contributed by atoms with E-state index in [-0.39, 0.29) is 6.61 Å². The third-order valence-corrected chi connectivity index (χ3v) is 3.30.